The van der Waals surface area contributed by atoms with E-state index in [1.165, 1.54) is 0 Å². The van der Waals surface area contributed by atoms with Gasteiger partial charge in [0.15, 0.2) is 17.5 Å². The first-order valence-corrected chi connectivity index (χ1v) is 7.59. The molecule has 134 valence electrons. The summed E-state index contributed by atoms with van der Waals surface area (Å²) in [6.07, 6.45) is 1.24. The second-order valence-electron chi connectivity index (χ2n) is 5.93. The summed E-state index contributed by atoms with van der Waals surface area (Å²) in [5.74, 6) is -6.32. The lowest BCUT2D eigenvalue weighted by Gasteiger charge is -2.18. The van der Waals surface area contributed by atoms with Crippen molar-refractivity contribution in [2.45, 2.75) is 26.7 Å². The molecule has 0 heterocycles. The van der Waals surface area contributed by atoms with E-state index in [0.717, 1.165) is 6.42 Å². The van der Waals surface area contributed by atoms with Crippen molar-refractivity contribution in [3.63, 3.8) is 0 Å². The third kappa shape index (κ3) is 6.19. The Kier molecular flexibility index (Phi) is 7.70. The molecule has 0 fully saturated rings. The molecular weight excluding hydrogens is 325 g/mol. The quantitative estimate of drug-likeness (QED) is 0.523. The number of hydrogen-bond donors (Lipinski definition) is 3. The zero-order valence-corrected chi connectivity index (χ0v) is 13.5. The van der Waals surface area contributed by atoms with Crippen LogP contribution in [0.2, 0.25) is 0 Å². The fourth-order valence-electron chi connectivity index (χ4n) is 2.29. The van der Waals surface area contributed by atoms with Crippen molar-refractivity contribution >= 4 is 17.5 Å². The van der Waals surface area contributed by atoms with Crippen LogP contribution in [-0.2, 0) is 9.59 Å². The van der Waals surface area contributed by atoms with Gasteiger partial charge in [-0.3, -0.25) is 9.59 Å². The summed E-state index contributed by atoms with van der Waals surface area (Å²) in [5.41, 5.74) is -0.361. The fraction of sp³-hybridized carbons (Fsp3) is 0.500. The van der Waals surface area contributed by atoms with Gasteiger partial charge in [-0.2, -0.15) is 0 Å². The molecule has 1 atom stereocenters. The van der Waals surface area contributed by atoms with Gasteiger partial charge in [-0.1, -0.05) is 13.8 Å². The number of aliphatic hydroxyl groups excluding tert-OH is 1. The highest BCUT2D eigenvalue weighted by molar-refractivity contribution is 6.39. The van der Waals surface area contributed by atoms with E-state index in [0.29, 0.717) is 24.5 Å². The van der Waals surface area contributed by atoms with Crippen molar-refractivity contribution in [1.82, 2.24) is 5.32 Å². The molecule has 1 aromatic carbocycles. The van der Waals surface area contributed by atoms with Crippen LogP contribution in [0.15, 0.2) is 12.1 Å². The van der Waals surface area contributed by atoms with Crippen molar-refractivity contribution in [3.8, 4) is 0 Å². The van der Waals surface area contributed by atoms with E-state index >= 15 is 0 Å². The first-order chi connectivity index (χ1) is 11.2. The van der Waals surface area contributed by atoms with Gasteiger partial charge in [0.2, 0.25) is 0 Å². The lowest BCUT2D eigenvalue weighted by atomic mass is 9.94. The molecule has 0 aliphatic carbocycles. The zero-order chi connectivity index (χ0) is 18.3. The molecule has 2 amide bonds. The molecule has 8 heteroatoms. The Morgan fingerprint density at radius 2 is 1.71 bits per heavy atom. The van der Waals surface area contributed by atoms with Gasteiger partial charge in [-0.05, 0) is 24.7 Å². The molecule has 1 aromatic rings. The third-order valence-electron chi connectivity index (χ3n) is 3.34. The molecule has 0 saturated carbocycles. The minimum absolute atomic E-state index is 0.00691. The Balaban J connectivity index is 2.60. The van der Waals surface area contributed by atoms with Crippen molar-refractivity contribution in [2.24, 2.45) is 11.8 Å². The average Bonchev–Trinajstić information content (AvgIpc) is 2.49. The molecule has 0 aromatic heterocycles. The number of hydrogen-bond acceptors (Lipinski definition) is 3. The SMILES string of the molecule is CC(C)CC(CCO)CNC(=O)C(=O)Nc1cc(F)c(F)c(F)c1. The predicted molar refractivity (Wildman–Crippen MR) is 82.6 cm³/mol. The summed E-state index contributed by atoms with van der Waals surface area (Å²) in [7, 11) is 0. The molecule has 0 bridgehead atoms. The van der Waals surface area contributed by atoms with Gasteiger partial charge in [-0.15, -0.1) is 0 Å². The van der Waals surface area contributed by atoms with Crippen LogP contribution < -0.4 is 10.6 Å². The molecule has 0 aliphatic rings. The van der Waals surface area contributed by atoms with Gasteiger partial charge in [0.1, 0.15) is 0 Å². The van der Waals surface area contributed by atoms with E-state index in [4.69, 9.17) is 5.11 Å². The molecular formula is C16H21F3N2O3. The Hall–Kier alpha value is -2.09. The van der Waals surface area contributed by atoms with Gasteiger partial charge in [0.25, 0.3) is 0 Å². The standard InChI is InChI=1S/C16H21F3N2O3/c1-9(2)5-10(3-4-22)8-20-15(23)16(24)21-11-6-12(17)14(19)13(18)7-11/h6-7,9-10,22H,3-5,8H2,1-2H3,(H,20,23)(H,21,24). The first-order valence-electron chi connectivity index (χ1n) is 7.59. The highest BCUT2D eigenvalue weighted by Gasteiger charge is 2.18. The minimum Gasteiger partial charge on any atom is -0.396 e. The fourth-order valence-corrected chi connectivity index (χ4v) is 2.29. The Morgan fingerprint density at radius 3 is 2.21 bits per heavy atom. The van der Waals surface area contributed by atoms with Crippen molar-refractivity contribution in [1.29, 1.82) is 0 Å². The highest BCUT2D eigenvalue weighted by Crippen LogP contribution is 2.17. The summed E-state index contributed by atoms with van der Waals surface area (Å²) in [4.78, 5) is 23.4. The maximum atomic E-state index is 13.1. The third-order valence-corrected chi connectivity index (χ3v) is 3.34. The number of carbonyl (C=O) groups is 2. The van der Waals surface area contributed by atoms with Crippen molar-refractivity contribution in [2.75, 3.05) is 18.5 Å². The van der Waals surface area contributed by atoms with E-state index in [-0.39, 0.29) is 24.8 Å². The van der Waals surface area contributed by atoms with Crippen LogP contribution >= 0.6 is 0 Å². The second-order valence-corrected chi connectivity index (χ2v) is 5.93. The molecule has 1 unspecified atom stereocenters. The van der Waals surface area contributed by atoms with Crippen LogP contribution in [0.25, 0.3) is 0 Å². The van der Waals surface area contributed by atoms with Gasteiger partial charge in [-0.25, -0.2) is 13.2 Å². The van der Waals surface area contributed by atoms with Crippen LogP contribution in [-0.4, -0.2) is 30.1 Å². The van der Waals surface area contributed by atoms with Crippen LogP contribution in [0.4, 0.5) is 18.9 Å². The van der Waals surface area contributed by atoms with Gasteiger partial charge in [0, 0.05) is 31.0 Å². The number of nitrogens with one attached hydrogen (secondary N) is 2. The molecule has 0 saturated heterocycles. The molecule has 1 rings (SSSR count). The topological polar surface area (TPSA) is 78.4 Å². The summed E-state index contributed by atoms with van der Waals surface area (Å²) in [6, 6.07) is 1.16. The Morgan fingerprint density at radius 1 is 1.12 bits per heavy atom. The molecule has 0 aliphatic heterocycles. The minimum atomic E-state index is -1.65. The predicted octanol–water partition coefficient (Wildman–Crippen LogP) is 2.20. The molecule has 5 nitrogen and oxygen atoms in total. The Labute approximate surface area is 138 Å². The molecule has 0 radical (unpaired) electrons. The van der Waals surface area contributed by atoms with Crippen LogP contribution in [0.5, 0.6) is 0 Å². The zero-order valence-electron chi connectivity index (χ0n) is 13.5. The molecule has 3 N–H and O–H groups in total. The number of aliphatic hydroxyl groups is 1. The van der Waals surface area contributed by atoms with Gasteiger partial charge >= 0.3 is 11.8 Å². The second kappa shape index (κ2) is 9.27. The van der Waals surface area contributed by atoms with E-state index in [9.17, 15) is 22.8 Å². The van der Waals surface area contributed by atoms with Crippen LogP contribution in [0.1, 0.15) is 26.7 Å². The normalized spacial score (nSPS) is 12.1. The number of rotatable bonds is 7. The van der Waals surface area contributed by atoms with E-state index in [2.05, 4.69) is 5.32 Å². The van der Waals surface area contributed by atoms with Crippen LogP contribution in [0, 0.1) is 29.3 Å². The van der Waals surface area contributed by atoms with Crippen molar-refractivity contribution < 1.29 is 27.9 Å². The van der Waals surface area contributed by atoms with E-state index in [1.807, 2.05) is 19.2 Å². The number of anilines is 1. The number of carbonyl (C=O) groups excluding carboxylic acids is 2. The maximum Gasteiger partial charge on any atom is 0.313 e. The molecule has 0 spiro atoms. The van der Waals surface area contributed by atoms with Crippen molar-refractivity contribution in [3.05, 3.63) is 29.6 Å². The van der Waals surface area contributed by atoms with E-state index in [1.54, 1.807) is 0 Å². The highest BCUT2D eigenvalue weighted by atomic mass is 19.2. The van der Waals surface area contributed by atoms with Gasteiger partial charge in [0.05, 0.1) is 0 Å². The largest absolute Gasteiger partial charge is 0.396 e. The van der Waals surface area contributed by atoms with E-state index < -0.39 is 29.3 Å². The number of amides is 2. The summed E-state index contributed by atoms with van der Waals surface area (Å²) >= 11 is 0. The average molecular weight is 346 g/mol. The summed E-state index contributed by atoms with van der Waals surface area (Å²) in [5, 5.41) is 13.4. The lowest BCUT2D eigenvalue weighted by Crippen LogP contribution is -2.38. The Bertz CT molecular complexity index is 571. The number of benzene rings is 1. The summed E-state index contributed by atoms with van der Waals surface area (Å²) < 4.78 is 39.0. The van der Waals surface area contributed by atoms with Gasteiger partial charge < -0.3 is 15.7 Å². The van der Waals surface area contributed by atoms with Crippen LogP contribution in [0.3, 0.4) is 0 Å². The maximum absolute atomic E-state index is 13.1. The summed E-state index contributed by atoms with van der Waals surface area (Å²) in [6.45, 7) is 4.15. The lowest BCUT2D eigenvalue weighted by molar-refractivity contribution is -0.136. The monoisotopic (exact) mass is 346 g/mol. The molecule has 24 heavy (non-hydrogen) atoms. The first kappa shape index (κ1) is 20.0. The number of halogens is 3. The smallest absolute Gasteiger partial charge is 0.313 e.